The number of rotatable bonds is 7. The van der Waals surface area contributed by atoms with E-state index >= 15 is 0 Å². The smallest absolute Gasteiger partial charge is 0.228 e. The first-order valence-electron chi connectivity index (χ1n) is 11.6. The van der Waals surface area contributed by atoms with Crippen LogP contribution in [-0.4, -0.2) is 67.5 Å². The normalized spacial score (nSPS) is 14.6. The minimum Gasteiger partial charge on any atom is -0.343 e. The van der Waals surface area contributed by atoms with Crippen LogP contribution in [0.3, 0.4) is 0 Å². The molecule has 0 bridgehead atoms. The van der Waals surface area contributed by atoms with Crippen LogP contribution in [0, 0.1) is 5.82 Å². The molecule has 3 aromatic heterocycles. The van der Waals surface area contributed by atoms with Crippen LogP contribution in [0.15, 0.2) is 42.7 Å². The summed E-state index contributed by atoms with van der Waals surface area (Å²) < 4.78 is 14.7. The zero-order valence-corrected chi connectivity index (χ0v) is 19.7. The molecule has 4 heterocycles. The number of hydrogen-bond acceptors (Lipinski definition) is 7. The van der Waals surface area contributed by atoms with E-state index in [0.29, 0.717) is 28.5 Å². The van der Waals surface area contributed by atoms with Gasteiger partial charge in [0.1, 0.15) is 11.3 Å². The Bertz CT molecular complexity index is 1330. The van der Waals surface area contributed by atoms with Crippen LogP contribution in [0.25, 0.3) is 22.2 Å². The summed E-state index contributed by atoms with van der Waals surface area (Å²) >= 11 is 0. The molecule has 0 saturated carbocycles. The van der Waals surface area contributed by atoms with Crippen LogP contribution in [0.5, 0.6) is 0 Å². The van der Waals surface area contributed by atoms with Crippen molar-refractivity contribution >= 4 is 29.1 Å². The maximum atomic E-state index is 14.7. The second-order valence-electron chi connectivity index (χ2n) is 9.01. The van der Waals surface area contributed by atoms with Crippen molar-refractivity contribution in [2.24, 2.45) is 0 Å². The lowest BCUT2D eigenvalue weighted by Crippen LogP contribution is -2.45. The molecule has 10 heteroatoms. The number of nitrogens with one attached hydrogen (secondary N) is 2. The Labute approximate surface area is 202 Å². The number of piperazine rings is 1. The summed E-state index contributed by atoms with van der Waals surface area (Å²) in [5.74, 6) is 0.797. The molecule has 0 aliphatic carbocycles. The highest BCUT2D eigenvalue weighted by Crippen LogP contribution is 2.30. The molecule has 5 rings (SSSR count). The second kappa shape index (κ2) is 9.75. The average Bonchev–Trinajstić information content (AvgIpc) is 3.31. The molecule has 0 radical (unpaired) electrons. The molecule has 1 amide bonds. The van der Waals surface area contributed by atoms with Crippen LogP contribution in [0.2, 0.25) is 0 Å². The third-order valence-corrected chi connectivity index (χ3v) is 6.20. The van der Waals surface area contributed by atoms with Gasteiger partial charge in [-0.1, -0.05) is 19.9 Å². The molecule has 9 nitrogen and oxygen atoms in total. The Kier molecular flexibility index (Phi) is 6.37. The second-order valence-corrected chi connectivity index (χ2v) is 9.01. The molecular formula is C25H27FN8O. The van der Waals surface area contributed by atoms with Crippen molar-refractivity contribution in [3.63, 3.8) is 0 Å². The Hall–Kier alpha value is -3.92. The highest BCUT2D eigenvalue weighted by Gasteiger charge is 2.17. The summed E-state index contributed by atoms with van der Waals surface area (Å²) in [5.41, 5.74) is 3.57. The van der Waals surface area contributed by atoms with Gasteiger partial charge in [-0.15, -0.1) is 0 Å². The third-order valence-electron chi connectivity index (χ3n) is 6.20. The van der Waals surface area contributed by atoms with Crippen LogP contribution in [0.1, 0.15) is 31.0 Å². The molecule has 1 fully saturated rings. The number of fused-ring (bicyclic) bond motifs is 1. The topological polar surface area (TPSA) is 103 Å². The number of nitrogens with zero attached hydrogens (tertiary/aromatic N) is 6. The minimum absolute atomic E-state index is 0.187. The SMILES string of the molecule is CC(C)c1[nH]nc2c(F)cc(-c3ccnc(Nc4ccc(CN5CCN(C=O)CC5)cn4)n3)cc12. The van der Waals surface area contributed by atoms with Gasteiger partial charge >= 0.3 is 0 Å². The van der Waals surface area contributed by atoms with E-state index in [-0.39, 0.29) is 5.92 Å². The number of benzene rings is 1. The summed E-state index contributed by atoms with van der Waals surface area (Å²) in [5, 5.41) is 11.0. The summed E-state index contributed by atoms with van der Waals surface area (Å²) in [6.07, 6.45) is 4.37. The molecule has 0 unspecified atom stereocenters. The van der Waals surface area contributed by atoms with Gasteiger partial charge in [0.2, 0.25) is 12.4 Å². The number of carbonyl (C=O) groups is 1. The van der Waals surface area contributed by atoms with Gasteiger partial charge in [-0.2, -0.15) is 5.10 Å². The van der Waals surface area contributed by atoms with E-state index in [2.05, 4.69) is 35.4 Å². The van der Waals surface area contributed by atoms with Gasteiger partial charge in [0.15, 0.2) is 5.82 Å². The van der Waals surface area contributed by atoms with Crippen LogP contribution < -0.4 is 5.32 Å². The molecule has 1 aromatic carbocycles. The number of aromatic nitrogens is 5. The molecule has 0 spiro atoms. The molecule has 35 heavy (non-hydrogen) atoms. The Balaban J connectivity index is 1.30. The van der Waals surface area contributed by atoms with Crippen LogP contribution in [0.4, 0.5) is 16.2 Å². The van der Waals surface area contributed by atoms with E-state index in [1.54, 1.807) is 17.2 Å². The highest BCUT2D eigenvalue weighted by molar-refractivity contribution is 5.87. The predicted molar refractivity (Wildman–Crippen MR) is 132 cm³/mol. The fourth-order valence-corrected chi connectivity index (χ4v) is 4.25. The van der Waals surface area contributed by atoms with Crippen molar-refractivity contribution in [2.75, 3.05) is 31.5 Å². The standard InChI is InChI=1S/C25H27FN8O/c1-16(2)23-19-11-18(12-20(26)24(19)32-31-23)21-5-6-27-25(29-21)30-22-4-3-17(13-28-22)14-33-7-9-34(15-35)10-8-33/h3-6,11-13,15-16H,7-10,14H2,1-2H3,(H,31,32)(H,27,28,29,30). The molecular weight excluding hydrogens is 447 g/mol. The number of pyridine rings is 1. The number of H-pyrrole nitrogens is 1. The van der Waals surface area contributed by atoms with Gasteiger partial charge in [0.05, 0.1) is 5.69 Å². The van der Waals surface area contributed by atoms with Crippen molar-refractivity contribution in [1.29, 1.82) is 0 Å². The van der Waals surface area contributed by atoms with E-state index in [9.17, 15) is 9.18 Å². The zero-order valence-electron chi connectivity index (χ0n) is 19.7. The van der Waals surface area contributed by atoms with Crippen molar-refractivity contribution in [1.82, 2.24) is 34.9 Å². The quantitative estimate of drug-likeness (QED) is 0.394. The fourth-order valence-electron chi connectivity index (χ4n) is 4.25. The van der Waals surface area contributed by atoms with E-state index < -0.39 is 5.82 Å². The predicted octanol–water partition coefficient (Wildman–Crippen LogP) is 3.70. The Morgan fingerprint density at radius 2 is 1.97 bits per heavy atom. The first kappa shape index (κ1) is 22.9. The molecule has 2 N–H and O–H groups in total. The Morgan fingerprint density at radius 3 is 2.69 bits per heavy atom. The van der Waals surface area contributed by atoms with E-state index in [1.807, 2.05) is 38.2 Å². The van der Waals surface area contributed by atoms with Crippen LogP contribution >= 0.6 is 0 Å². The minimum atomic E-state index is -0.390. The van der Waals surface area contributed by atoms with Crippen molar-refractivity contribution in [2.45, 2.75) is 26.3 Å². The lowest BCUT2D eigenvalue weighted by Gasteiger charge is -2.32. The zero-order chi connectivity index (χ0) is 24.4. The molecule has 0 atom stereocenters. The van der Waals surface area contributed by atoms with Crippen molar-refractivity contribution in [3.05, 3.63) is 59.8 Å². The highest BCUT2D eigenvalue weighted by atomic mass is 19.1. The first-order valence-corrected chi connectivity index (χ1v) is 11.6. The first-order chi connectivity index (χ1) is 17.0. The van der Waals surface area contributed by atoms with E-state index in [1.165, 1.54) is 6.07 Å². The van der Waals surface area contributed by atoms with E-state index in [0.717, 1.165) is 55.8 Å². The monoisotopic (exact) mass is 474 g/mol. The van der Waals surface area contributed by atoms with Gasteiger partial charge in [0.25, 0.3) is 0 Å². The van der Waals surface area contributed by atoms with Gasteiger partial charge in [0, 0.05) is 61.8 Å². The third kappa shape index (κ3) is 4.97. The van der Waals surface area contributed by atoms with Gasteiger partial charge < -0.3 is 10.2 Å². The largest absolute Gasteiger partial charge is 0.343 e. The lowest BCUT2D eigenvalue weighted by atomic mass is 10.0. The number of hydrogen-bond donors (Lipinski definition) is 2. The number of halogens is 1. The van der Waals surface area contributed by atoms with Crippen molar-refractivity contribution < 1.29 is 9.18 Å². The van der Waals surface area contributed by atoms with E-state index in [4.69, 9.17) is 0 Å². The van der Waals surface area contributed by atoms with Gasteiger partial charge in [-0.25, -0.2) is 19.3 Å². The number of anilines is 2. The summed E-state index contributed by atoms with van der Waals surface area (Å²) in [6, 6.07) is 9.01. The summed E-state index contributed by atoms with van der Waals surface area (Å²) in [7, 11) is 0. The summed E-state index contributed by atoms with van der Waals surface area (Å²) in [4.78, 5) is 28.3. The van der Waals surface area contributed by atoms with Crippen molar-refractivity contribution in [3.8, 4) is 11.3 Å². The van der Waals surface area contributed by atoms with Crippen LogP contribution in [-0.2, 0) is 11.3 Å². The Morgan fingerprint density at radius 1 is 1.14 bits per heavy atom. The average molecular weight is 475 g/mol. The molecule has 1 aliphatic heterocycles. The molecule has 4 aromatic rings. The fraction of sp³-hybridized carbons (Fsp3) is 0.320. The lowest BCUT2D eigenvalue weighted by molar-refractivity contribution is -0.119. The van der Waals surface area contributed by atoms with Gasteiger partial charge in [-0.3, -0.25) is 14.8 Å². The summed E-state index contributed by atoms with van der Waals surface area (Å²) in [6.45, 7) is 8.06. The number of aromatic amines is 1. The van der Waals surface area contributed by atoms with Gasteiger partial charge in [-0.05, 0) is 35.7 Å². The number of amides is 1. The maximum absolute atomic E-state index is 14.7. The maximum Gasteiger partial charge on any atom is 0.228 e. The molecule has 1 saturated heterocycles. The molecule has 1 aliphatic rings. The molecule has 180 valence electrons. The number of carbonyl (C=O) groups excluding carboxylic acids is 1.